The highest BCUT2D eigenvalue weighted by molar-refractivity contribution is 5.42. The smallest absolute Gasteiger partial charge is 0.227 e. The zero-order chi connectivity index (χ0) is 17.8. The van der Waals surface area contributed by atoms with Gasteiger partial charge in [-0.1, -0.05) is 12.1 Å². The van der Waals surface area contributed by atoms with Gasteiger partial charge in [-0.2, -0.15) is 4.98 Å². The number of halogens is 1. The quantitative estimate of drug-likeness (QED) is 0.834. The van der Waals surface area contributed by atoms with E-state index in [-0.39, 0.29) is 5.82 Å². The lowest BCUT2D eigenvalue weighted by Gasteiger charge is -2.37. The third-order valence-corrected chi connectivity index (χ3v) is 4.75. The highest BCUT2D eigenvalue weighted by Crippen LogP contribution is 2.21. The van der Waals surface area contributed by atoms with Gasteiger partial charge in [0.05, 0.1) is 0 Å². The van der Waals surface area contributed by atoms with Crippen LogP contribution in [0.3, 0.4) is 0 Å². The second kappa shape index (κ2) is 7.78. The summed E-state index contributed by atoms with van der Waals surface area (Å²) < 4.78 is 13.1. The van der Waals surface area contributed by atoms with E-state index in [1.807, 2.05) is 43.4 Å². The van der Waals surface area contributed by atoms with Crippen LogP contribution in [0.4, 0.5) is 16.2 Å². The summed E-state index contributed by atoms with van der Waals surface area (Å²) in [5, 5.41) is 0. The Morgan fingerprint density at radius 3 is 2.64 bits per heavy atom. The molecule has 1 saturated heterocycles. The molecule has 0 amide bonds. The van der Waals surface area contributed by atoms with Crippen LogP contribution in [-0.2, 0) is 6.54 Å². The molecule has 1 unspecified atom stereocenters. The van der Waals surface area contributed by atoms with Crippen LogP contribution >= 0.6 is 0 Å². The zero-order valence-corrected chi connectivity index (χ0v) is 15.2. The Morgan fingerprint density at radius 2 is 1.92 bits per heavy atom. The second-order valence-corrected chi connectivity index (χ2v) is 6.88. The molecule has 0 N–H and O–H groups in total. The lowest BCUT2D eigenvalue weighted by molar-refractivity contribution is 0.198. The first-order valence-electron chi connectivity index (χ1n) is 8.73. The molecule has 3 rings (SSSR count). The predicted molar refractivity (Wildman–Crippen MR) is 99.5 cm³/mol. The zero-order valence-electron chi connectivity index (χ0n) is 15.2. The molecule has 1 aromatic heterocycles. The van der Waals surface area contributed by atoms with Gasteiger partial charge in [0.1, 0.15) is 11.6 Å². The van der Waals surface area contributed by atoms with E-state index in [1.54, 1.807) is 0 Å². The Balaban J connectivity index is 1.66. The van der Waals surface area contributed by atoms with Gasteiger partial charge in [0.2, 0.25) is 5.95 Å². The summed E-state index contributed by atoms with van der Waals surface area (Å²) in [6, 6.07) is 9.09. The number of nitrogens with zero attached hydrogens (tertiary/aromatic N) is 5. The molecule has 5 nitrogen and oxygen atoms in total. The van der Waals surface area contributed by atoms with Crippen LogP contribution in [0.15, 0.2) is 36.5 Å². The third-order valence-electron chi connectivity index (χ3n) is 4.75. The fraction of sp³-hybridized carbons (Fsp3) is 0.474. The Hall–Kier alpha value is -2.21. The third kappa shape index (κ3) is 4.45. The molecule has 0 aliphatic carbocycles. The molecule has 1 aromatic carbocycles. The minimum Gasteiger partial charge on any atom is -0.363 e. The van der Waals surface area contributed by atoms with E-state index < -0.39 is 0 Å². The number of likely N-dealkylation sites (N-methyl/N-ethyl adjacent to an activating group) is 1. The first-order valence-corrected chi connectivity index (χ1v) is 8.73. The lowest BCUT2D eigenvalue weighted by Crippen LogP contribution is -2.46. The van der Waals surface area contributed by atoms with Crippen molar-refractivity contribution in [3.63, 3.8) is 0 Å². The Morgan fingerprint density at radius 1 is 1.16 bits per heavy atom. The second-order valence-electron chi connectivity index (χ2n) is 6.88. The van der Waals surface area contributed by atoms with Gasteiger partial charge in [-0.05, 0) is 43.1 Å². The van der Waals surface area contributed by atoms with Crippen molar-refractivity contribution >= 4 is 11.8 Å². The van der Waals surface area contributed by atoms with E-state index in [2.05, 4.69) is 26.8 Å². The molecule has 1 atom stereocenters. The standard InChI is InChI=1S/C19H26FN5/c1-23(2)18-10-11-21-19(22-18)24(3)17-5-4-12-25(14-17)13-15-6-8-16(20)9-7-15/h6-11,17H,4-5,12-14H2,1-3H3. The number of likely N-dealkylation sites (tertiary alicyclic amines) is 1. The molecule has 0 saturated carbocycles. The van der Waals surface area contributed by atoms with E-state index in [0.29, 0.717) is 6.04 Å². The van der Waals surface area contributed by atoms with Crippen molar-refractivity contribution in [1.29, 1.82) is 0 Å². The van der Waals surface area contributed by atoms with Gasteiger partial charge in [-0.15, -0.1) is 0 Å². The molecule has 0 radical (unpaired) electrons. The molecular formula is C19H26FN5. The molecular weight excluding hydrogens is 317 g/mol. The van der Waals surface area contributed by atoms with Crippen LogP contribution in [0.5, 0.6) is 0 Å². The number of piperidine rings is 1. The summed E-state index contributed by atoms with van der Waals surface area (Å²) in [5.41, 5.74) is 1.15. The summed E-state index contributed by atoms with van der Waals surface area (Å²) in [6.45, 7) is 2.88. The lowest BCUT2D eigenvalue weighted by atomic mass is 10.0. The maximum absolute atomic E-state index is 13.1. The number of anilines is 2. The highest BCUT2D eigenvalue weighted by Gasteiger charge is 2.25. The molecule has 134 valence electrons. The van der Waals surface area contributed by atoms with Crippen molar-refractivity contribution in [2.75, 3.05) is 44.0 Å². The van der Waals surface area contributed by atoms with Gasteiger partial charge in [-0.25, -0.2) is 9.37 Å². The van der Waals surface area contributed by atoms with Crippen molar-refractivity contribution in [3.05, 3.63) is 47.9 Å². The van der Waals surface area contributed by atoms with Crippen LogP contribution in [0.1, 0.15) is 18.4 Å². The van der Waals surface area contributed by atoms with Gasteiger partial charge in [-0.3, -0.25) is 4.90 Å². The van der Waals surface area contributed by atoms with E-state index in [0.717, 1.165) is 49.8 Å². The first kappa shape index (κ1) is 17.6. The molecule has 1 aliphatic rings. The molecule has 2 aromatic rings. The maximum atomic E-state index is 13.1. The monoisotopic (exact) mass is 343 g/mol. The molecule has 0 bridgehead atoms. The summed E-state index contributed by atoms with van der Waals surface area (Å²) in [5.74, 6) is 1.49. The SMILES string of the molecule is CN(C)c1ccnc(N(C)C2CCCN(Cc3ccc(F)cc3)C2)n1. The van der Waals surface area contributed by atoms with Gasteiger partial charge in [0.15, 0.2) is 0 Å². The van der Waals surface area contributed by atoms with Crippen molar-refractivity contribution in [2.24, 2.45) is 0 Å². The summed E-state index contributed by atoms with van der Waals surface area (Å²) >= 11 is 0. The maximum Gasteiger partial charge on any atom is 0.227 e. The summed E-state index contributed by atoms with van der Waals surface area (Å²) in [7, 11) is 6.04. The fourth-order valence-corrected chi connectivity index (χ4v) is 3.26. The van der Waals surface area contributed by atoms with E-state index >= 15 is 0 Å². The van der Waals surface area contributed by atoms with Crippen LogP contribution < -0.4 is 9.80 Å². The van der Waals surface area contributed by atoms with Crippen molar-refractivity contribution in [3.8, 4) is 0 Å². The summed E-state index contributed by atoms with van der Waals surface area (Å²) in [6.07, 6.45) is 4.09. The molecule has 25 heavy (non-hydrogen) atoms. The van der Waals surface area contributed by atoms with Crippen molar-refractivity contribution < 1.29 is 4.39 Å². The topological polar surface area (TPSA) is 35.5 Å². The Labute approximate surface area is 149 Å². The number of aromatic nitrogens is 2. The van der Waals surface area contributed by atoms with Crippen LogP contribution in [0.25, 0.3) is 0 Å². The van der Waals surface area contributed by atoms with Crippen molar-refractivity contribution in [1.82, 2.24) is 14.9 Å². The van der Waals surface area contributed by atoms with Gasteiger partial charge in [0, 0.05) is 46.5 Å². The van der Waals surface area contributed by atoms with Gasteiger partial charge in [0.25, 0.3) is 0 Å². The largest absolute Gasteiger partial charge is 0.363 e. The fourth-order valence-electron chi connectivity index (χ4n) is 3.26. The highest BCUT2D eigenvalue weighted by atomic mass is 19.1. The number of hydrogen-bond donors (Lipinski definition) is 0. The molecule has 0 spiro atoms. The molecule has 1 aliphatic heterocycles. The van der Waals surface area contributed by atoms with Crippen LogP contribution in [-0.4, -0.2) is 55.1 Å². The molecule has 1 fully saturated rings. The number of benzene rings is 1. The minimum atomic E-state index is -0.182. The van der Waals surface area contributed by atoms with Crippen molar-refractivity contribution in [2.45, 2.75) is 25.4 Å². The Bertz CT molecular complexity index is 688. The predicted octanol–water partition coefficient (Wildman–Crippen LogP) is 2.78. The van der Waals surface area contributed by atoms with Crippen LogP contribution in [0.2, 0.25) is 0 Å². The normalized spacial score (nSPS) is 18.2. The Kier molecular flexibility index (Phi) is 5.48. The van der Waals surface area contributed by atoms with E-state index in [1.165, 1.54) is 12.1 Å². The summed E-state index contributed by atoms with van der Waals surface area (Å²) in [4.78, 5) is 15.7. The average Bonchev–Trinajstić information content (AvgIpc) is 2.63. The van der Waals surface area contributed by atoms with Gasteiger partial charge < -0.3 is 9.80 Å². The number of hydrogen-bond acceptors (Lipinski definition) is 5. The average molecular weight is 343 g/mol. The van der Waals surface area contributed by atoms with E-state index in [4.69, 9.17) is 0 Å². The van der Waals surface area contributed by atoms with Crippen LogP contribution in [0, 0.1) is 5.82 Å². The number of rotatable bonds is 5. The molecule has 2 heterocycles. The molecule has 6 heteroatoms. The minimum absolute atomic E-state index is 0.182. The van der Waals surface area contributed by atoms with Gasteiger partial charge >= 0.3 is 0 Å². The first-order chi connectivity index (χ1) is 12.0. The van der Waals surface area contributed by atoms with E-state index in [9.17, 15) is 4.39 Å².